The third-order valence-corrected chi connectivity index (χ3v) is 1.26. The molecule has 50 valence electrons. The molecule has 4 heteroatoms. The second kappa shape index (κ2) is 2.59. The van der Waals surface area contributed by atoms with Gasteiger partial charge in [0.1, 0.15) is 0 Å². The van der Waals surface area contributed by atoms with Crippen molar-refractivity contribution in [3.05, 3.63) is 21.9 Å². The van der Waals surface area contributed by atoms with Gasteiger partial charge < -0.3 is 5.32 Å². The Kier molecular flexibility index (Phi) is 1.79. The zero-order valence-corrected chi connectivity index (χ0v) is 4.96. The molecule has 0 saturated carbocycles. The predicted octanol–water partition coefficient (Wildman–Crippen LogP) is 0.140. The fourth-order valence-electron chi connectivity index (χ4n) is 0.846. The maximum absolute atomic E-state index is 9.86. The van der Waals surface area contributed by atoms with E-state index in [-0.39, 0.29) is 0 Å². The first-order chi connectivity index (χ1) is 4.29. The molecular weight excluding hydrogens is 120 g/mol. The van der Waals surface area contributed by atoms with Crippen LogP contribution in [0.4, 0.5) is 0 Å². The van der Waals surface area contributed by atoms with E-state index >= 15 is 0 Å². The molecular formula is C5H8N2O2. The van der Waals surface area contributed by atoms with Crippen LogP contribution in [0.5, 0.6) is 0 Å². The Balaban J connectivity index is 2.49. The largest absolute Gasteiger partial charge is 0.312 e. The SMILES string of the molecule is O=[N+]([O-])/C=C1/CCNC1. The summed E-state index contributed by atoms with van der Waals surface area (Å²) in [5.74, 6) is 0. The molecule has 0 spiro atoms. The molecule has 0 aromatic rings. The summed E-state index contributed by atoms with van der Waals surface area (Å²) in [5, 5.41) is 12.9. The molecule has 0 unspecified atom stereocenters. The van der Waals surface area contributed by atoms with Crippen molar-refractivity contribution in [3.63, 3.8) is 0 Å². The number of rotatable bonds is 1. The van der Waals surface area contributed by atoms with Crippen molar-refractivity contribution in [2.45, 2.75) is 6.42 Å². The van der Waals surface area contributed by atoms with E-state index < -0.39 is 4.92 Å². The maximum Gasteiger partial charge on any atom is 0.234 e. The normalized spacial score (nSPS) is 22.9. The van der Waals surface area contributed by atoms with Gasteiger partial charge >= 0.3 is 0 Å². The van der Waals surface area contributed by atoms with Gasteiger partial charge in [0, 0.05) is 12.1 Å². The first-order valence-corrected chi connectivity index (χ1v) is 2.83. The zero-order valence-electron chi connectivity index (χ0n) is 4.96. The standard InChI is InChI=1S/C5H8N2O2/c8-7(9)4-5-1-2-6-3-5/h4,6H,1-3H2/b5-4-. The van der Waals surface area contributed by atoms with Gasteiger partial charge in [-0.15, -0.1) is 0 Å². The third kappa shape index (κ3) is 1.81. The molecule has 0 bridgehead atoms. The van der Waals surface area contributed by atoms with Gasteiger partial charge in [0.05, 0.1) is 4.92 Å². The van der Waals surface area contributed by atoms with E-state index in [4.69, 9.17) is 0 Å². The van der Waals surface area contributed by atoms with Gasteiger partial charge in [-0.05, 0) is 13.0 Å². The van der Waals surface area contributed by atoms with Gasteiger partial charge in [-0.2, -0.15) is 0 Å². The molecule has 1 aliphatic rings. The lowest BCUT2D eigenvalue weighted by Crippen LogP contribution is -2.05. The van der Waals surface area contributed by atoms with Crippen LogP contribution in [0.3, 0.4) is 0 Å². The van der Waals surface area contributed by atoms with Gasteiger partial charge in [-0.25, -0.2) is 0 Å². The second-order valence-electron chi connectivity index (χ2n) is 2.00. The summed E-state index contributed by atoms with van der Waals surface area (Å²) < 4.78 is 0. The van der Waals surface area contributed by atoms with Crippen LogP contribution in [0, 0.1) is 10.1 Å². The highest BCUT2D eigenvalue weighted by Gasteiger charge is 2.08. The van der Waals surface area contributed by atoms with Crippen LogP contribution in [-0.2, 0) is 0 Å². The minimum Gasteiger partial charge on any atom is -0.312 e. The fourth-order valence-corrected chi connectivity index (χ4v) is 0.846. The summed E-state index contributed by atoms with van der Waals surface area (Å²) in [6.07, 6.45) is 1.90. The fraction of sp³-hybridized carbons (Fsp3) is 0.600. The first kappa shape index (κ1) is 6.22. The van der Waals surface area contributed by atoms with Crippen molar-refractivity contribution in [1.82, 2.24) is 5.32 Å². The number of nitro groups is 1. The Labute approximate surface area is 52.7 Å². The second-order valence-corrected chi connectivity index (χ2v) is 2.00. The minimum atomic E-state index is -0.400. The lowest BCUT2D eigenvalue weighted by molar-refractivity contribution is -0.403. The number of nitrogens with one attached hydrogen (secondary N) is 1. The van der Waals surface area contributed by atoms with Gasteiger partial charge in [0.25, 0.3) is 0 Å². The van der Waals surface area contributed by atoms with Crippen LogP contribution >= 0.6 is 0 Å². The van der Waals surface area contributed by atoms with E-state index in [9.17, 15) is 10.1 Å². The lowest BCUT2D eigenvalue weighted by atomic mass is 10.3. The van der Waals surface area contributed by atoms with Crippen molar-refractivity contribution < 1.29 is 4.92 Å². The molecule has 0 radical (unpaired) electrons. The van der Waals surface area contributed by atoms with Crippen LogP contribution in [-0.4, -0.2) is 18.0 Å². The van der Waals surface area contributed by atoms with E-state index in [1.807, 2.05) is 0 Å². The minimum absolute atomic E-state index is 0.400. The average Bonchev–Trinajstić information content (AvgIpc) is 2.15. The van der Waals surface area contributed by atoms with E-state index in [1.54, 1.807) is 0 Å². The molecule has 0 atom stereocenters. The van der Waals surface area contributed by atoms with Crippen molar-refractivity contribution in [2.24, 2.45) is 0 Å². The van der Waals surface area contributed by atoms with Crippen LogP contribution in [0.25, 0.3) is 0 Å². The average molecular weight is 128 g/mol. The highest BCUT2D eigenvalue weighted by molar-refractivity contribution is 5.04. The van der Waals surface area contributed by atoms with Gasteiger partial charge in [0.2, 0.25) is 6.20 Å². The molecule has 0 amide bonds. The lowest BCUT2D eigenvalue weighted by Gasteiger charge is -1.84. The highest BCUT2D eigenvalue weighted by Crippen LogP contribution is 2.04. The van der Waals surface area contributed by atoms with E-state index in [0.717, 1.165) is 24.7 Å². The summed E-state index contributed by atoms with van der Waals surface area (Å²) in [4.78, 5) is 9.46. The molecule has 1 saturated heterocycles. The smallest absolute Gasteiger partial charge is 0.234 e. The molecule has 4 nitrogen and oxygen atoms in total. The van der Waals surface area contributed by atoms with Crippen molar-refractivity contribution in [2.75, 3.05) is 13.1 Å². The summed E-state index contributed by atoms with van der Waals surface area (Å²) >= 11 is 0. The Morgan fingerprint density at radius 1 is 1.78 bits per heavy atom. The number of nitrogens with zero attached hydrogens (tertiary/aromatic N) is 1. The number of hydrogen-bond acceptors (Lipinski definition) is 3. The third-order valence-electron chi connectivity index (χ3n) is 1.26. The first-order valence-electron chi connectivity index (χ1n) is 2.83. The molecule has 0 aromatic heterocycles. The highest BCUT2D eigenvalue weighted by atomic mass is 16.6. The van der Waals surface area contributed by atoms with Crippen LogP contribution in [0.1, 0.15) is 6.42 Å². The van der Waals surface area contributed by atoms with Gasteiger partial charge in [-0.1, -0.05) is 0 Å². The van der Waals surface area contributed by atoms with Crippen LogP contribution < -0.4 is 5.32 Å². The molecule has 1 N–H and O–H groups in total. The zero-order chi connectivity index (χ0) is 6.69. The van der Waals surface area contributed by atoms with Gasteiger partial charge in [-0.3, -0.25) is 10.1 Å². The van der Waals surface area contributed by atoms with Crippen molar-refractivity contribution in [3.8, 4) is 0 Å². The molecule has 1 fully saturated rings. The van der Waals surface area contributed by atoms with E-state index in [2.05, 4.69) is 5.32 Å². The van der Waals surface area contributed by atoms with Crippen molar-refractivity contribution in [1.29, 1.82) is 0 Å². The van der Waals surface area contributed by atoms with Crippen LogP contribution in [0.15, 0.2) is 11.8 Å². The quantitative estimate of drug-likeness (QED) is 0.403. The Hall–Kier alpha value is -0.900. The summed E-state index contributed by atoms with van der Waals surface area (Å²) in [7, 11) is 0. The summed E-state index contributed by atoms with van der Waals surface area (Å²) in [5.41, 5.74) is 0.889. The topological polar surface area (TPSA) is 55.2 Å². The molecule has 9 heavy (non-hydrogen) atoms. The molecule has 1 rings (SSSR count). The monoisotopic (exact) mass is 128 g/mol. The van der Waals surface area contributed by atoms with Crippen molar-refractivity contribution >= 4 is 0 Å². The van der Waals surface area contributed by atoms with Crippen LogP contribution in [0.2, 0.25) is 0 Å². The molecule has 0 aliphatic carbocycles. The molecule has 1 heterocycles. The van der Waals surface area contributed by atoms with E-state index in [0.29, 0.717) is 6.54 Å². The number of hydrogen-bond donors (Lipinski definition) is 1. The molecule has 0 aromatic carbocycles. The summed E-state index contributed by atoms with van der Waals surface area (Å²) in [6.45, 7) is 1.56. The Bertz CT molecular complexity index is 145. The Morgan fingerprint density at radius 3 is 3.00 bits per heavy atom. The molecule has 1 aliphatic heterocycles. The van der Waals surface area contributed by atoms with E-state index in [1.165, 1.54) is 0 Å². The summed E-state index contributed by atoms with van der Waals surface area (Å²) in [6, 6.07) is 0. The maximum atomic E-state index is 9.86. The van der Waals surface area contributed by atoms with Gasteiger partial charge in [0.15, 0.2) is 0 Å². The Morgan fingerprint density at radius 2 is 2.56 bits per heavy atom. The predicted molar refractivity (Wildman–Crippen MR) is 32.6 cm³/mol.